The molecule has 112 valence electrons. The number of hydrogen-bond donors (Lipinski definition) is 2. The second kappa shape index (κ2) is 6.75. The van der Waals surface area contributed by atoms with E-state index in [0.29, 0.717) is 12.1 Å². The van der Waals surface area contributed by atoms with Gasteiger partial charge in [-0.25, -0.2) is 22.5 Å². The number of halogens is 1. The van der Waals surface area contributed by atoms with Gasteiger partial charge in [0.05, 0.1) is 0 Å². The van der Waals surface area contributed by atoms with Crippen LogP contribution >= 0.6 is 0 Å². The van der Waals surface area contributed by atoms with Crippen molar-refractivity contribution >= 4 is 10.0 Å². The number of nitrogens with one attached hydrogen (secondary N) is 2. The summed E-state index contributed by atoms with van der Waals surface area (Å²) in [6.45, 7) is 0.629. The minimum Gasteiger partial charge on any atom is -0.316 e. The molecule has 0 aliphatic carbocycles. The summed E-state index contributed by atoms with van der Waals surface area (Å²) < 4.78 is 39.6. The van der Waals surface area contributed by atoms with Crippen LogP contribution < -0.4 is 10.0 Å². The Kier molecular flexibility index (Phi) is 5.00. The van der Waals surface area contributed by atoms with Crippen LogP contribution in [0.25, 0.3) is 0 Å². The van der Waals surface area contributed by atoms with E-state index in [1.807, 2.05) is 0 Å². The maximum absolute atomic E-state index is 13.0. The predicted octanol–water partition coefficient (Wildman–Crippen LogP) is 1.42. The molecular formula is C14H16FN3O2S. The highest BCUT2D eigenvalue weighted by Crippen LogP contribution is 2.09. The van der Waals surface area contributed by atoms with Gasteiger partial charge in [-0.2, -0.15) is 0 Å². The van der Waals surface area contributed by atoms with Crippen LogP contribution in [0.3, 0.4) is 0 Å². The molecule has 0 amide bonds. The first-order valence-electron chi connectivity index (χ1n) is 6.35. The summed E-state index contributed by atoms with van der Waals surface area (Å²) in [6, 6.07) is 8.91. The predicted molar refractivity (Wildman–Crippen MR) is 77.4 cm³/mol. The topological polar surface area (TPSA) is 71.1 Å². The van der Waals surface area contributed by atoms with Gasteiger partial charge in [-0.1, -0.05) is 18.2 Å². The number of aromatic nitrogens is 1. The Balaban J connectivity index is 2.07. The van der Waals surface area contributed by atoms with E-state index in [0.717, 1.165) is 5.56 Å². The second-order valence-electron chi connectivity index (χ2n) is 4.49. The molecule has 2 aromatic rings. The highest BCUT2D eigenvalue weighted by atomic mass is 32.2. The molecular weight excluding hydrogens is 293 g/mol. The van der Waals surface area contributed by atoms with Crippen LogP contribution in [0.4, 0.5) is 4.39 Å². The second-order valence-corrected chi connectivity index (χ2v) is 6.20. The van der Waals surface area contributed by atoms with Crippen molar-refractivity contribution in [1.82, 2.24) is 15.0 Å². The minimum atomic E-state index is -3.71. The number of benzene rings is 1. The van der Waals surface area contributed by atoms with Crippen molar-refractivity contribution in [3.8, 4) is 0 Å². The maximum Gasteiger partial charge on any atom is 0.258 e. The fourth-order valence-electron chi connectivity index (χ4n) is 1.78. The zero-order valence-electron chi connectivity index (χ0n) is 11.5. The molecule has 2 rings (SSSR count). The van der Waals surface area contributed by atoms with Gasteiger partial charge >= 0.3 is 0 Å². The van der Waals surface area contributed by atoms with E-state index >= 15 is 0 Å². The van der Waals surface area contributed by atoms with Crippen LogP contribution in [0.5, 0.6) is 0 Å². The first-order chi connectivity index (χ1) is 10.0. The van der Waals surface area contributed by atoms with Crippen molar-refractivity contribution in [2.24, 2.45) is 0 Å². The van der Waals surface area contributed by atoms with Crippen LogP contribution in [0, 0.1) is 5.82 Å². The van der Waals surface area contributed by atoms with Gasteiger partial charge in [0.2, 0.25) is 0 Å². The summed E-state index contributed by atoms with van der Waals surface area (Å²) in [6.07, 6.45) is 1.51. The first-order valence-corrected chi connectivity index (χ1v) is 7.83. The van der Waals surface area contributed by atoms with Gasteiger partial charge in [-0.05, 0) is 36.4 Å². The molecule has 5 nitrogen and oxygen atoms in total. The molecule has 0 spiro atoms. The maximum atomic E-state index is 13.0. The van der Waals surface area contributed by atoms with Gasteiger partial charge < -0.3 is 5.32 Å². The fourth-order valence-corrected chi connectivity index (χ4v) is 2.72. The van der Waals surface area contributed by atoms with Gasteiger partial charge in [-0.15, -0.1) is 0 Å². The Morgan fingerprint density at radius 3 is 2.57 bits per heavy atom. The lowest BCUT2D eigenvalue weighted by Gasteiger charge is -2.07. The zero-order valence-corrected chi connectivity index (χ0v) is 12.3. The lowest BCUT2D eigenvalue weighted by atomic mass is 10.2. The van der Waals surface area contributed by atoms with Crippen LogP contribution in [0.2, 0.25) is 0 Å². The third-order valence-corrected chi connectivity index (χ3v) is 4.13. The van der Waals surface area contributed by atoms with E-state index < -0.39 is 15.8 Å². The Morgan fingerprint density at radius 2 is 1.95 bits per heavy atom. The highest BCUT2D eigenvalue weighted by Gasteiger charge is 2.15. The molecule has 2 N–H and O–H groups in total. The molecule has 0 saturated heterocycles. The normalized spacial score (nSPS) is 11.5. The van der Waals surface area contributed by atoms with Crippen LogP contribution in [-0.4, -0.2) is 20.4 Å². The Hall–Kier alpha value is -1.83. The molecule has 0 saturated carbocycles. The molecule has 0 unspecified atom stereocenters. The Morgan fingerprint density at radius 1 is 1.14 bits per heavy atom. The van der Waals surface area contributed by atoms with Gasteiger partial charge in [0.25, 0.3) is 10.0 Å². The highest BCUT2D eigenvalue weighted by molar-refractivity contribution is 7.89. The van der Waals surface area contributed by atoms with Crippen LogP contribution in [0.15, 0.2) is 47.6 Å². The average Bonchev–Trinajstić information content (AvgIpc) is 2.46. The van der Waals surface area contributed by atoms with Crippen LogP contribution in [-0.2, 0) is 23.1 Å². The first kappa shape index (κ1) is 15.6. The lowest BCUT2D eigenvalue weighted by molar-refractivity contribution is 0.576. The zero-order chi connectivity index (χ0) is 15.3. The van der Waals surface area contributed by atoms with Crippen molar-refractivity contribution in [2.75, 3.05) is 7.05 Å². The summed E-state index contributed by atoms with van der Waals surface area (Å²) >= 11 is 0. The Labute approximate surface area is 123 Å². The van der Waals surface area contributed by atoms with E-state index in [2.05, 4.69) is 15.0 Å². The van der Waals surface area contributed by atoms with Crippen molar-refractivity contribution in [1.29, 1.82) is 0 Å². The lowest BCUT2D eigenvalue weighted by Crippen LogP contribution is -2.24. The summed E-state index contributed by atoms with van der Waals surface area (Å²) in [5.41, 5.74) is 1.44. The van der Waals surface area contributed by atoms with Crippen molar-refractivity contribution in [3.05, 3.63) is 59.5 Å². The third kappa shape index (κ3) is 4.32. The molecule has 0 atom stereocenters. The number of nitrogens with zero attached hydrogens (tertiary/aromatic N) is 1. The molecule has 0 aliphatic rings. The number of rotatable bonds is 6. The van der Waals surface area contributed by atoms with Gasteiger partial charge in [-0.3, -0.25) is 0 Å². The van der Waals surface area contributed by atoms with E-state index in [9.17, 15) is 12.8 Å². The quantitative estimate of drug-likeness (QED) is 0.846. The van der Waals surface area contributed by atoms with E-state index in [-0.39, 0.29) is 11.6 Å². The van der Waals surface area contributed by atoms with E-state index in [1.54, 1.807) is 19.2 Å². The van der Waals surface area contributed by atoms with Gasteiger partial charge in [0, 0.05) is 19.3 Å². The number of pyridine rings is 1. The van der Waals surface area contributed by atoms with Crippen LogP contribution in [0.1, 0.15) is 11.1 Å². The van der Waals surface area contributed by atoms with E-state index in [1.165, 1.54) is 30.5 Å². The molecule has 0 radical (unpaired) electrons. The summed E-state index contributed by atoms with van der Waals surface area (Å²) in [5.74, 6) is -0.402. The Bertz CT molecular complexity index is 702. The van der Waals surface area contributed by atoms with E-state index in [4.69, 9.17) is 0 Å². The molecule has 21 heavy (non-hydrogen) atoms. The number of sulfonamides is 1. The SMILES string of the molecule is CNCc1ccc(S(=O)(=O)NCc2cccc(F)c2)nc1. The third-order valence-electron chi connectivity index (χ3n) is 2.81. The molecule has 0 aliphatic heterocycles. The smallest absolute Gasteiger partial charge is 0.258 e. The molecule has 1 aromatic carbocycles. The van der Waals surface area contributed by atoms with Crippen molar-refractivity contribution < 1.29 is 12.8 Å². The summed E-state index contributed by atoms with van der Waals surface area (Å²) in [5, 5.41) is 2.90. The summed E-state index contributed by atoms with van der Waals surface area (Å²) in [4.78, 5) is 3.93. The molecule has 0 bridgehead atoms. The van der Waals surface area contributed by atoms with Crippen molar-refractivity contribution in [2.45, 2.75) is 18.1 Å². The summed E-state index contributed by atoms with van der Waals surface area (Å²) in [7, 11) is -1.91. The minimum absolute atomic E-state index is 0.0139. The average molecular weight is 309 g/mol. The molecule has 1 aromatic heterocycles. The number of hydrogen-bond acceptors (Lipinski definition) is 4. The van der Waals surface area contributed by atoms with Gasteiger partial charge in [0.15, 0.2) is 5.03 Å². The molecule has 7 heteroatoms. The monoisotopic (exact) mass is 309 g/mol. The molecule has 1 heterocycles. The molecule has 0 fully saturated rings. The van der Waals surface area contributed by atoms with Gasteiger partial charge in [0.1, 0.15) is 5.82 Å². The largest absolute Gasteiger partial charge is 0.316 e. The standard InChI is InChI=1S/C14H16FN3O2S/c1-16-8-12-5-6-14(17-9-12)21(19,20)18-10-11-3-2-4-13(15)7-11/h2-7,9,16,18H,8,10H2,1H3. The van der Waals surface area contributed by atoms with Crippen molar-refractivity contribution in [3.63, 3.8) is 0 Å². The fraction of sp³-hybridized carbons (Fsp3) is 0.214.